The van der Waals surface area contributed by atoms with Gasteiger partial charge in [-0.3, -0.25) is 20.4 Å². The van der Waals surface area contributed by atoms with Crippen molar-refractivity contribution in [3.63, 3.8) is 0 Å². The summed E-state index contributed by atoms with van der Waals surface area (Å²) in [7, 11) is 0. The van der Waals surface area contributed by atoms with Crippen LogP contribution in [-0.4, -0.2) is 21.2 Å². The molecule has 0 aromatic heterocycles. The Labute approximate surface area is 186 Å². The van der Waals surface area contributed by atoms with Crippen molar-refractivity contribution >= 4 is 11.4 Å². The van der Waals surface area contributed by atoms with Crippen molar-refractivity contribution in [1.82, 2.24) is 5.48 Å². The minimum Gasteiger partial charge on any atom is -0.508 e. The molecule has 0 saturated heterocycles. The molecule has 0 unspecified atom stereocenters. The lowest BCUT2D eigenvalue weighted by molar-refractivity contribution is -0.386. The predicted molar refractivity (Wildman–Crippen MR) is 119 cm³/mol. The van der Waals surface area contributed by atoms with Crippen molar-refractivity contribution in [3.05, 3.63) is 75.3 Å². The van der Waals surface area contributed by atoms with Gasteiger partial charge in [0.05, 0.1) is 22.3 Å². The van der Waals surface area contributed by atoms with Crippen LogP contribution in [0.5, 0.6) is 5.75 Å². The molecule has 7 heteroatoms. The fourth-order valence-corrected chi connectivity index (χ4v) is 6.24. The maximum atomic E-state index is 11.3. The van der Waals surface area contributed by atoms with Crippen molar-refractivity contribution in [2.45, 2.75) is 51.2 Å². The average molecular weight is 437 g/mol. The third-order valence-corrected chi connectivity index (χ3v) is 7.97. The number of aliphatic hydroxyl groups is 1. The zero-order valence-corrected chi connectivity index (χ0v) is 18.0. The number of rotatable bonds is 5. The van der Waals surface area contributed by atoms with Gasteiger partial charge in [-0.25, -0.2) is 0 Å². The number of nitro groups is 1. The first-order chi connectivity index (χ1) is 15.4. The van der Waals surface area contributed by atoms with Crippen LogP contribution < -0.4 is 5.48 Å². The third kappa shape index (κ3) is 3.36. The Kier molecular flexibility index (Phi) is 5.18. The smallest absolute Gasteiger partial charge is 0.275 e. The van der Waals surface area contributed by atoms with Crippen LogP contribution in [0.4, 0.5) is 5.69 Å². The zero-order valence-electron chi connectivity index (χ0n) is 18.0. The van der Waals surface area contributed by atoms with E-state index < -0.39 is 4.92 Å². The first-order valence-corrected chi connectivity index (χ1v) is 11.2. The van der Waals surface area contributed by atoms with Gasteiger partial charge in [-0.2, -0.15) is 0 Å². The van der Waals surface area contributed by atoms with Gasteiger partial charge in [-0.15, -0.1) is 0 Å². The molecule has 2 aromatic carbocycles. The summed E-state index contributed by atoms with van der Waals surface area (Å²) in [4.78, 5) is 16.6. The monoisotopic (exact) mass is 436 g/mol. The van der Waals surface area contributed by atoms with E-state index in [2.05, 4.69) is 18.5 Å². The quantitative estimate of drug-likeness (QED) is 0.466. The van der Waals surface area contributed by atoms with Crippen molar-refractivity contribution < 1.29 is 20.0 Å². The number of phenolic OH excluding ortho intramolecular Hbond substituents is 1. The molecule has 2 fully saturated rings. The predicted octanol–water partition coefficient (Wildman–Crippen LogP) is 4.65. The van der Waals surface area contributed by atoms with E-state index in [1.54, 1.807) is 30.3 Å². The summed E-state index contributed by atoms with van der Waals surface area (Å²) in [5.74, 6) is 1.17. The summed E-state index contributed by atoms with van der Waals surface area (Å²) in [6.45, 7) is 2.25. The van der Waals surface area contributed by atoms with E-state index in [9.17, 15) is 20.3 Å². The molecule has 3 aliphatic rings. The third-order valence-electron chi connectivity index (χ3n) is 7.97. The van der Waals surface area contributed by atoms with Gasteiger partial charge in [0.15, 0.2) is 0 Å². The molecular weight excluding hydrogens is 408 g/mol. The number of para-hydroxylation sites is 1. The van der Waals surface area contributed by atoms with Crippen LogP contribution in [0.25, 0.3) is 5.70 Å². The average Bonchev–Trinajstić information content (AvgIpc) is 3.08. The summed E-state index contributed by atoms with van der Waals surface area (Å²) in [6.07, 6.45) is 5.73. The second-order valence-electron chi connectivity index (χ2n) is 9.56. The molecule has 7 nitrogen and oxygen atoms in total. The van der Waals surface area contributed by atoms with Gasteiger partial charge in [0, 0.05) is 11.6 Å². The minimum atomic E-state index is -0.412. The number of aliphatic hydroxyl groups excluding tert-OH is 1. The Hall–Kier alpha value is -2.90. The van der Waals surface area contributed by atoms with E-state index in [0.717, 1.165) is 36.9 Å². The molecule has 32 heavy (non-hydrogen) atoms. The summed E-state index contributed by atoms with van der Waals surface area (Å²) < 4.78 is 0. The molecule has 2 aromatic rings. The van der Waals surface area contributed by atoms with Crippen molar-refractivity contribution in [3.8, 4) is 5.75 Å². The maximum Gasteiger partial charge on any atom is 0.275 e. The normalized spacial score (nSPS) is 30.6. The van der Waals surface area contributed by atoms with Gasteiger partial charge in [0.2, 0.25) is 0 Å². The summed E-state index contributed by atoms with van der Waals surface area (Å²) >= 11 is 0. The van der Waals surface area contributed by atoms with Crippen molar-refractivity contribution in [1.29, 1.82) is 0 Å². The number of nitrogens with one attached hydrogen (secondary N) is 1. The Bertz CT molecular complexity index is 1080. The molecule has 5 atom stereocenters. The highest BCUT2D eigenvalue weighted by Crippen LogP contribution is 2.60. The fraction of sp³-hybridized carbons (Fsp3) is 0.440. The SMILES string of the molecule is C[C@]12CC[C@@H]3c4ccc(O)cc4C(NOCc4ccccc4[N+](=O)[O-])=C[C@H]3[C@@H]1CC[C@@H]2O. The van der Waals surface area contributed by atoms with Gasteiger partial charge < -0.3 is 10.2 Å². The molecule has 0 amide bonds. The number of fused-ring (bicyclic) bond motifs is 5. The van der Waals surface area contributed by atoms with Gasteiger partial charge >= 0.3 is 0 Å². The maximum absolute atomic E-state index is 11.3. The van der Waals surface area contributed by atoms with Gasteiger partial charge in [-0.1, -0.05) is 31.2 Å². The second kappa shape index (κ2) is 7.90. The summed E-state index contributed by atoms with van der Waals surface area (Å²) in [5, 5.41) is 32.1. The van der Waals surface area contributed by atoms with E-state index >= 15 is 0 Å². The highest BCUT2D eigenvalue weighted by molar-refractivity contribution is 5.71. The molecule has 3 aliphatic carbocycles. The van der Waals surface area contributed by atoms with Gasteiger partial charge in [0.1, 0.15) is 12.4 Å². The molecule has 5 rings (SSSR count). The Morgan fingerprint density at radius 1 is 1.22 bits per heavy atom. The van der Waals surface area contributed by atoms with Crippen LogP contribution in [-0.2, 0) is 11.4 Å². The number of nitro benzene ring substituents is 1. The summed E-state index contributed by atoms with van der Waals surface area (Å²) in [6, 6.07) is 12.0. The lowest BCUT2D eigenvalue weighted by Crippen LogP contribution is -2.43. The van der Waals surface area contributed by atoms with Crippen molar-refractivity contribution in [2.24, 2.45) is 17.3 Å². The zero-order chi connectivity index (χ0) is 22.5. The fourth-order valence-electron chi connectivity index (χ4n) is 6.24. The molecule has 0 heterocycles. The van der Waals surface area contributed by atoms with E-state index in [-0.39, 0.29) is 35.5 Å². The standard InChI is InChI=1S/C25H28N2O5/c1-25-11-10-18-17-7-6-16(28)12-20(17)22(13-19(18)21(25)8-9-24(25)29)26-32-14-15-4-2-3-5-23(15)27(30)31/h2-7,12-13,18-19,21,24,26,28-29H,8-11,14H2,1H3/t18-,19-,21+,24+,25+/m1/s1. The molecule has 0 bridgehead atoms. The van der Waals surface area contributed by atoms with Crippen LogP contribution in [0.3, 0.4) is 0 Å². The first kappa shape index (κ1) is 21.0. The number of hydroxylamine groups is 1. The molecule has 0 aliphatic heterocycles. The lowest BCUT2D eigenvalue weighted by atomic mass is 9.56. The minimum absolute atomic E-state index is 0.0213. The number of allylic oxidation sites excluding steroid dienone is 1. The second-order valence-corrected chi connectivity index (χ2v) is 9.56. The van der Waals surface area contributed by atoms with Crippen molar-refractivity contribution in [2.75, 3.05) is 0 Å². The number of hydrogen-bond donors (Lipinski definition) is 3. The van der Waals surface area contributed by atoms with Crippen LogP contribution >= 0.6 is 0 Å². The number of benzene rings is 2. The highest BCUT2D eigenvalue weighted by Gasteiger charge is 2.54. The van der Waals surface area contributed by atoms with E-state index in [1.165, 1.54) is 11.6 Å². The van der Waals surface area contributed by atoms with E-state index in [1.807, 2.05) is 6.07 Å². The molecule has 2 saturated carbocycles. The van der Waals surface area contributed by atoms with Crippen LogP contribution in [0, 0.1) is 27.4 Å². The Morgan fingerprint density at radius 2 is 2.03 bits per heavy atom. The highest BCUT2D eigenvalue weighted by atomic mass is 16.6. The number of hydrogen-bond acceptors (Lipinski definition) is 6. The number of phenols is 1. The van der Waals surface area contributed by atoms with Crippen LogP contribution in [0.1, 0.15) is 55.2 Å². The largest absolute Gasteiger partial charge is 0.508 e. The van der Waals surface area contributed by atoms with Crippen LogP contribution in [0.2, 0.25) is 0 Å². The summed E-state index contributed by atoms with van der Waals surface area (Å²) in [5.41, 5.74) is 6.29. The van der Waals surface area contributed by atoms with E-state index in [0.29, 0.717) is 17.4 Å². The molecular formula is C25H28N2O5. The number of nitrogens with zero attached hydrogens (tertiary/aromatic N) is 1. The molecule has 0 spiro atoms. The Morgan fingerprint density at radius 3 is 2.84 bits per heavy atom. The first-order valence-electron chi connectivity index (χ1n) is 11.2. The van der Waals surface area contributed by atoms with Crippen LogP contribution in [0.15, 0.2) is 48.5 Å². The molecule has 168 valence electrons. The van der Waals surface area contributed by atoms with E-state index in [4.69, 9.17) is 4.84 Å². The van der Waals surface area contributed by atoms with Gasteiger partial charge in [0.25, 0.3) is 5.69 Å². The number of aromatic hydroxyl groups is 1. The Balaban J connectivity index is 1.43. The topological polar surface area (TPSA) is 105 Å². The molecule has 0 radical (unpaired) electrons. The lowest BCUT2D eigenvalue weighted by Gasteiger charge is -2.48. The molecule has 3 N–H and O–H groups in total. The van der Waals surface area contributed by atoms with Gasteiger partial charge in [-0.05, 0) is 72.6 Å².